The zero-order valence-corrected chi connectivity index (χ0v) is 10.9. The second-order valence-corrected chi connectivity index (χ2v) is 4.84. The molecule has 0 aliphatic heterocycles. The molecule has 1 aromatic rings. The van der Waals surface area contributed by atoms with Gasteiger partial charge < -0.3 is 0 Å². The average molecular weight is 339 g/mol. The SMILES string of the molecule is Cc1ccc(I)c(CCCBr)c1. The minimum atomic E-state index is 1.09. The van der Waals surface area contributed by atoms with Crippen LogP contribution in [-0.2, 0) is 6.42 Å². The van der Waals surface area contributed by atoms with Gasteiger partial charge in [0.05, 0.1) is 0 Å². The van der Waals surface area contributed by atoms with Gasteiger partial charge in [0, 0.05) is 8.90 Å². The molecule has 0 N–H and O–H groups in total. The second-order valence-electron chi connectivity index (χ2n) is 2.89. The van der Waals surface area contributed by atoms with Crippen LogP contribution >= 0.6 is 38.5 Å². The van der Waals surface area contributed by atoms with Crippen LogP contribution in [0.1, 0.15) is 17.5 Å². The van der Waals surface area contributed by atoms with Crippen LogP contribution in [0, 0.1) is 10.5 Å². The van der Waals surface area contributed by atoms with Gasteiger partial charge in [0.2, 0.25) is 0 Å². The molecule has 1 aromatic carbocycles. The fourth-order valence-corrected chi connectivity index (χ4v) is 2.04. The van der Waals surface area contributed by atoms with Crippen LogP contribution in [0.3, 0.4) is 0 Å². The van der Waals surface area contributed by atoms with E-state index in [1.54, 1.807) is 0 Å². The lowest BCUT2D eigenvalue weighted by Gasteiger charge is -2.03. The van der Waals surface area contributed by atoms with Crippen molar-refractivity contribution >= 4 is 38.5 Å². The van der Waals surface area contributed by atoms with Crippen molar-refractivity contribution in [2.75, 3.05) is 5.33 Å². The third kappa shape index (κ3) is 3.05. The van der Waals surface area contributed by atoms with E-state index < -0.39 is 0 Å². The average Bonchev–Trinajstić information content (AvgIpc) is 2.07. The van der Waals surface area contributed by atoms with Crippen molar-refractivity contribution in [2.24, 2.45) is 0 Å². The zero-order valence-electron chi connectivity index (χ0n) is 7.11. The summed E-state index contributed by atoms with van der Waals surface area (Å²) in [5.41, 5.74) is 2.84. The largest absolute Gasteiger partial charge is 0.0928 e. The van der Waals surface area contributed by atoms with Gasteiger partial charge in [0.25, 0.3) is 0 Å². The molecule has 0 fully saturated rings. The van der Waals surface area contributed by atoms with E-state index in [-0.39, 0.29) is 0 Å². The summed E-state index contributed by atoms with van der Waals surface area (Å²) in [6, 6.07) is 6.64. The Morgan fingerprint density at radius 1 is 1.42 bits per heavy atom. The molecule has 2 heteroatoms. The molecule has 1 rings (SSSR count). The minimum Gasteiger partial charge on any atom is -0.0928 e. The van der Waals surface area contributed by atoms with Gasteiger partial charge in [-0.2, -0.15) is 0 Å². The number of aryl methyl sites for hydroxylation is 2. The summed E-state index contributed by atoms with van der Waals surface area (Å²) in [6.07, 6.45) is 2.41. The molecule has 0 nitrogen and oxygen atoms in total. The van der Waals surface area contributed by atoms with Crippen molar-refractivity contribution in [2.45, 2.75) is 19.8 Å². The number of benzene rings is 1. The van der Waals surface area contributed by atoms with Gasteiger partial charge in [0.15, 0.2) is 0 Å². The quantitative estimate of drug-likeness (QED) is 0.578. The van der Waals surface area contributed by atoms with Crippen molar-refractivity contribution in [3.05, 3.63) is 32.9 Å². The van der Waals surface area contributed by atoms with Crippen molar-refractivity contribution < 1.29 is 0 Å². The van der Waals surface area contributed by atoms with Crippen LogP contribution in [0.15, 0.2) is 18.2 Å². The third-order valence-corrected chi connectivity index (χ3v) is 3.39. The van der Waals surface area contributed by atoms with Gasteiger partial charge in [-0.15, -0.1) is 0 Å². The molecule has 0 saturated carbocycles. The maximum absolute atomic E-state index is 3.45. The first-order valence-electron chi connectivity index (χ1n) is 4.05. The summed E-state index contributed by atoms with van der Waals surface area (Å²) in [7, 11) is 0. The lowest BCUT2D eigenvalue weighted by Crippen LogP contribution is -1.90. The van der Waals surface area contributed by atoms with Gasteiger partial charge in [0.1, 0.15) is 0 Å². The first kappa shape index (κ1) is 10.5. The molecule has 12 heavy (non-hydrogen) atoms. The van der Waals surface area contributed by atoms with Crippen molar-refractivity contribution in [1.82, 2.24) is 0 Å². The molecule has 0 aliphatic carbocycles. The summed E-state index contributed by atoms with van der Waals surface area (Å²) in [5.74, 6) is 0. The molecule has 0 amide bonds. The molecule has 0 bridgehead atoms. The molecule has 66 valence electrons. The van der Waals surface area contributed by atoms with Gasteiger partial charge in [-0.1, -0.05) is 33.6 Å². The molecule has 0 radical (unpaired) electrons. The van der Waals surface area contributed by atoms with Crippen LogP contribution in [0.4, 0.5) is 0 Å². The number of rotatable bonds is 3. The van der Waals surface area contributed by atoms with Gasteiger partial charge in [-0.05, 0) is 54.0 Å². The first-order chi connectivity index (χ1) is 5.74. The Balaban J connectivity index is 2.75. The molecule has 0 heterocycles. The van der Waals surface area contributed by atoms with Crippen molar-refractivity contribution in [3.63, 3.8) is 0 Å². The normalized spacial score (nSPS) is 10.2. The Hall–Kier alpha value is 0.430. The molecule has 0 atom stereocenters. The molecular formula is C10H12BrI. The molecule has 0 saturated heterocycles. The summed E-state index contributed by atoms with van der Waals surface area (Å²) in [6.45, 7) is 2.15. The second kappa shape index (κ2) is 5.22. The highest BCUT2D eigenvalue weighted by molar-refractivity contribution is 14.1. The van der Waals surface area contributed by atoms with Crippen LogP contribution < -0.4 is 0 Å². The van der Waals surface area contributed by atoms with E-state index in [1.807, 2.05) is 0 Å². The highest BCUT2D eigenvalue weighted by Crippen LogP contribution is 2.16. The van der Waals surface area contributed by atoms with E-state index in [9.17, 15) is 0 Å². The Morgan fingerprint density at radius 2 is 2.17 bits per heavy atom. The molecule has 0 unspecified atom stereocenters. The summed E-state index contributed by atoms with van der Waals surface area (Å²) in [4.78, 5) is 0. The smallest absolute Gasteiger partial charge is 0.0162 e. The Bertz CT molecular complexity index is 258. The Labute approximate surface area is 96.0 Å². The lowest BCUT2D eigenvalue weighted by atomic mass is 10.1. The van der Waals surface area contributed by atoms with E-state index in [4.69, 9.17) is 0 Å². The maximum Gasteiger partial charge on any atom is 0.0162 e. The monoisotopic (exact) mass is 338 g/mol. The lowest BCUT2D eigenvalue weighted by molar-refractivity contribution is 0.931. The van der Waals surface area contributed by atoms with Crippen molar-refractivity contribution in [1.29, 1.82) is 0 Å². The third-order valence-electron chi connectivity index (χ3n) is 1.78. The number of halogens is 2. The Kier molecular flexibility index (Phi) is 4.57. The highest BCUT2D eigenvalue weighted by Gasteiger charge is 1.98. The van der Waals surface area contributed by atoms with Crippen LogP contribution in [0.5, 0.6) is 0 Å². The summed E-state index contributed by atoms with van der Waals surface area (Å²) >= 11 is 5.85. The van der Waals surface area contributed by atoms with E-state index in [1.165, 1.54) is 27.5 Å². The van der Waals surface area contributed by atoms with Crippen LogP contribution in [-0.4, -0.2) is 5.33 Å². The highest BCUT2D eigenvalue weighted by atomic mass is 127. The fourth-order valence-electron chi connectivity index (χ4n) is 1.15. The zero-order chi connectivity index (χ0) is 8.97. The molecule has 0 aromatic heterocycles. The molecular weight excluding hydrogens is 327 g/mol. The number of alkyl halides is 1. The maximum atomic E-state index is 3.45. The van der Waals surface area contributed by atoms with Crippen LogP contribution in [0.2, 0.25) is 0 Å². The number of hydrogen-bond donors (Lipinski definition) is 0. The van der Waals surface area contributed by atoms with Gasteiger partial charge in [-0.3, -0.25) is 0 Å². The number of hydrogen-bond acceptors (Lipinski definition) is 0. The van der Waals surface area contributed by atoms with E-state index in [0.717, 1.165) is 5.33 Å². The summed E-state index contributed by atoms with van der Waals surface area (Å²) < 4.78 is 1.39. The molecule has 0 aliphatic rings. The van der Waals surface area contributed by atoms with E-state index in [0.29, 0.717) is 0 Å². The van der Waals surface area contributed by atoms with Crippen LogP contribution in [0.25, 0.3) is 0 Å². The van der Waals surface area contributed by atoms with Gasteiger partial charge in [-0.25, -0.2) is 0 Å². The first-order valence-corrected chi connectivity index (χ1v) is 6.25. The molecule has 0 spiro atoms. The fraction of sp³-hybridized carbons (Fsp3) is 0.400. The predicted molar refractivity (Wildman–Crippen MR) is 66.0 cm³/mol. The summed E-state index contributed by atoms with van der Waals surface area (Å²) in [5, 5.41) is 1.09. The predicted octanol–water partition coefficient (Wildman–Crippen LogP) is 3.93. The van der Waals surface area contributed by atoms with Gasteiger partial charge >= 0.3 is 0 Å². The standard InChI is InChI=1S/C10H12BrI/c1-8-4-5-10(12)9(7-8)3-2-6-11/h4-5,7H,2-3,6H2,1H3. The van der Waals surface area contributed by atoms with E-state index in [2.05, 4.69) is 63.6 Å². The minimum absolute atomic E-state index is 1.09. The van der Waals surface area contributed by atoms with Crippen molar-refractivity contribution in [3.8, 4) is 0 Å². The van der Waals surface area contributed by atoms with E-state index >= 15 is 0 Å². The topological polar surface area (TPSA) is 0 Å². The Morgan fingerprint density at radius 3 is 2.83 bits per heavy atom.